The maximum Gasteiger partial charge on any atom is 0.197 e. The van der Waals surface area contributed by atoms with E-state index in [1.54, 1.807) is 7.11 Å². The summed E-state index contributed by atoms with van der Waals surface area (Å²) >= 11 is 0. The summed E-state index contributed by atoms with van der Waals surface area (Å²) in [6.45, 7) is 4.86. The maximum atomic E-state index is 5.97. The van der Waals surface area contributed by atoms with Crippen LogP contribution in [-0.2, 0) is 11.2 Å². The number of hydrogen-bond donors (Lipinski definition) is 1. The van der Waals surface area contributed by atoms with Gasteiger partial charge in [-0.3, -0.25) is 0 Å². The van der Waals surface area contributed by atoms with Crippen molar-refractivity contribution in [3.05, 3.63) is 23.6 Å². The van der Waals surface area contributed by atoms with Gasteiger partial charge in [0.2, 0.25) is 0 Å². The van der Waals surface area contributed by atoms with Crippen LogP contribution >= 0.6 is 0 Å². The van der Waals surface area contributed by atoms with E-state index in [-0.39, 0.29) is 0 Å². The molecule has 4 nitrogen and oxygen atoms in total. The van der Waals surface area contributed by atoms with Crippen LogP contribution in [0.2, 0.25) is 0 Å². The van der Waals surface area contributed by atoms with Gasteiger partial charge in [-0.05, 0) is 23.6 Å². The Bertz CT molecular complexity index is 517. The van der Waals surface area contributed by atoms with Gasteiger partial charge in [0.15, 0.2) is 11.5 Å². The van der Waals surface area contributed by atoms with Crippen LogP contribution in [-0.4, -0.2) is 18.7 Å². The first-order chi connectivity index (χ1) is 8.11. The maximum absolute atomic E-state index is 5.97. The molecule has 1 aromatic carbocycles. The summed E-state index contributed by atoms with van der Waals surface area (Å²) in [6.07, 6.45) is 0.668. The number of fused-ring (bicyclic) bond motifs is 1. The van der Waals surface area contributed by atoms with Crippen molar-refractivity contribution in [1.29, 1.82) is 0 Å². The Labute approximate surface area is 101 Å². The third-order valence-electron chi connectivity index (χ3n) is 2.77. The molecule has 0 radical (unpaired) electrons. The van der Waals surface area contributed by atoms with Crippen molar-refractivity contribution in [2.75, 3.05) is 19.5 Å². The lowest BCUT2D eigenvalue weighted by atomic mass is 10.0. The molecule has 1 heterocycles. The molecule has 0 amide bonds. The zero-order valence-corrected chi connectivity index (χ0v) is 10.5. The first-order valence-corrected chi connectivity index (χ1v) is 5.79. The van der Waals surface area contributed by atoms with Gasteiger partial charge in [0.25, 0.3) is 0 Å². The Morgan fingerprint density at radius 3 is 2.82 bits per heavy atom. The molecule has 0 saturated heterocycles. The van der Waals surface area contributed by atoms with E-state index in [0.29, 0.717) is 36.1 Å². The molecule has 0 unspecified atom stereocenters. The molecule has 17 heavy (non-hydrogen) atoms. The highest BCUT2D eigenvalue weighted by molar-refractivity contribution is 5.85. The fourth-order valence-corrected chi connectivity index (χ4v) is 1.76. The van der Waals surface area contributed by atoms with Crippen LogP contribution in [0.4, 0.5) is 5.69 Å². The quantitative estimate of drug-likeness (QED) is 0.826. The van der Waals surface area contributed by atoms with E-state index in [0.717, 1.165) is 5.52 Å². The number of nitrogen functional groups attached to an aromatic ring is 1. The molecule has 0 atom stereocenters. The lowest BCUT2D eigenvalue weighted by Crippen LogP contribution is -1.93. The Hall–Kier alpha value is -1.55. The molecule has 0 saturated carbocycles. The van der Waals surface area contributed by atoms with Gasteiger partial charge in [0, 0.05) is 13.5 Å². The number of aromatic nitrogens is 1. The normalized spacial score (nSPS) is 11.5. The molecule has 0 aliphatic rings. The van der Waals surface area contributed by atoms with Crippen LogP contribution in [0.5, 0.6) is 0 Å². The van der Waals surface area contributed by atoms with Crippen molar-refractivity contribution in [3.63, 3.8) is 0 Å². The monoisotopic (exact) mass is 234 g/mol. The minimum atomic E-state index is 0.431. The van der Waals surface area contributed by atoms with Gasteiger partial charge in [-0.2, -0.15) is 0 Å². The average molecular weight is 234 g/mol. The number of anilines is 1. The first kappa shape index (κ1) is 11.9. The van der Waals surface area contributed by atoms with E-state index in [1.165, 1.54) is 5.56 Å². The highest BCUT2D eigenvalue weighted by atomic mass is 16.5. The van der Waals surface area contributed by atoms with Crippen molar-refractivity contribution in [1.82, 2.24) is 4.98 Å². The summed E-state index contributed by atoms with van der Waals surface area (Å²) in [4.78, 5) is 4.43. The lowest BCUT2D eigenvalue weighted by molar-refractivity contribution is 0.196. The molecule has 1 aromatic heterocycles. The zero-order chi connectivity index (χ0) is 12.4. The van der Waals surface area contributed by atoms with Gasteiger partial charge in [-0.1, -0.05) is 13.8 Å². The fourth-order valence-electron chi connectivity index (χ4n) is 1.76. The van der Waals surface area contributed by atoms with E-state index in [1.807, 2.05) is 12.1 Å². The van der Waals surface area contributed by atoms with E-state index < -0.39 is 0 Å². The molecule has 0 spiro atoms. The minimum Gasteiger partial charge on any atom is -0.438 e. The van der Waals surface area contributed by atoms with E-state index in [4.69, 9.17) is 14.9 Å². The molecule has 2 N–H and O–H groups in total. The summed E-state index contributed by atoms with van der Waals surface area (Å²) in [5.41, 5.74) is 9.32. The molecule has 2 rings (SSSR count). The van der Waals surface area contributed by atoms with E-state index >= 15 is 0 Å². The predicted molar refractivity (Wildman–Crippen MR) is 68.1 cm³/mol. The van der Waals surface area contributed by atoms with Gasteiger partial charge in [0.1, 0.15) is 5.52 Å². The second-order valence-electron chi connectivity index (χ2n) is 4.46. The van der Waals surface area contributed by atoms with Crippen molar-refractivity contribution in [3.8, 4) is 0 Å². The second-order valence-corrected chi connectivity index (χ2v) is 4.46. The van der Waals surface area contributed by atoms with Gasteiger partial charge in [-0.15, -0.1) is 0 Å². The smallest absolute Gasteiger partial charge is 0.197 e. The average Bonchev–Trinajstić information content (AvgIpc) is 2.69. The Morgan fingerprint density at radius 1 is 1.41 bits per heavy atom. The summed E-state index contributed by atoms with van der Waals surface area (Å²) in [6, 6.07) is 3.99. The Morgan fingerprint density at radius 2 is 2.18 bits per heavy atom. The summed E-state index contributed by atoms with van der Waals surface area (Å²) in [5.74, 6) is 1.11. The summed E-state index contributed by atoms with van der Waals surface area (Å²) in [7, 11) is 1.66. The highest BCUT2D eigenvalue weighted by Crippen LogP contribution is 2.27. The summed E-state index contributed by atoms with van der Waals surface area (Å²) < 4.78 is 10.6. The zero-order valence-electron chi connectivity index (χ0n) is 10.5. The number of methoxy groups -OCH3 is 1. The summed E-state index contributed by atoms with van der Waals surface area (Å²) in [5, 5.41) is 0. The first-order valence-electron chi connectivity index (χ1n) is 5.79. The molecule has 2 aromatic rings. The molecule has 0 fully saturated rings. The number of rotatable bonds is 4. The number of ether oxygens (including phenoxy) is 1. The van der Waals surface area contributed by atoms with E-state index in [9.17, 15) is 0 Å². The van der Waals surface area contributed by atoms with Crippen LogP contribution in [0.15, 0.2) is 16.5 Å². The molecule has 0 aliphatic heterocycles. The van der Waals surface area contributed by atoms with Crippen LogP contribution in [0.3, 0.4) is 0 Å². The van der Waals surface area contributed by atoms with E-state index in [2.05, 4.69) is 18.8 Å². The van der Waals surface area contributed by atoms with Gasteiger partial charge >= 0.3 is 0 Å². The highest BCUT2D eigenvalue weighted by Gasteiger charge is 2.11. The number of nitrogens with two attached hydrogens (primary N) is 1. The van der Waals surface area contributed by atoms with Crippen molar-refractivity contribution >= 4 is 16.8 Å². The lowest BCUT2D eigenvalue weighted by Gasteiger charge is -2.05. The third-order valence-corrected chi connectivity index (χ3v) is 2.77. The minimum absolute atomic E-state index is 0.431. The van der Waals surface area contributed by atoms with Crippen LogP contribution < -0.4 is 5.73 Å². The van der Waals surface area contributed by atoms with Gasteiger partial charge in [0.05, 0.1) is 12.3 Å². The predicted octanol–water partition coefficient (Wildman–Crippen LogP) is 2.72. The SMILES string of the molecule is COCCc1nc2cc(C(C)C)cc(N)c2o1. The third kappa shape index (κ3) is 2.42. The molecule has 92 valence electrons. The standard InChI is InChI=1S/C13H18N2O2/c1-8(2)9-6-10(14)13-11(7-9)15-12(17-13)4-5-16-3/h6-8H,4-5,14H2,1-3H3. The van der Waals surface area contributed by atoms with Crippen molar-refractivity contribution in [2.45, 2.75) is 26.2 Å². The van der Waals surface area contributed by atoms with Gasteiger partial charge in [-0.25, -0.2) is 4.98 Å². The largest absolute Gasteiger partial charge is 0.438 e. The van der Waals surface area contributed by atoms with Crippen molar-refractivity contribution in [2.24, 2.45) is 0 Å². The Kier molecular flexibility index (Phi) is 3.33. The molecule has 0 bridgehead atoms. The molecule has 4 heteroatoms. The number of hydrogen-bond acceptors (Lipinski definition) is 4. The van der Waals surface area contributed by atoms with Gasteiger partial charge < -0.3 is 14.9 Å². The van der Waals surface area contributed by atoms with Crippen molar-refractivity contribution < 1.29 is 9.15 Å². The topological polar surface area (TPSA) is 61.3 Å². The van der Waals surface area contributed by atoms with Crippen LogP contribution in [0.1, 0.15) is 31.2 Å². The second kappa shape index (κ2) is 4.75. The molecule has 0 aliphatic carbocycles. The van der Waals surface area contributed by atoms with Crippen LogP contribution in [0, 0.1) is 0 Å². The number of oxazole rings is 1. The molecular weight excluding hydrogens is 216 g/mol. The Balaban J connectivity index is 2.42. The number of benzene rings is 1. The number of nitrogens with zero attached hydrogens (tertiary/aromatic N) is 1. The fraction of sp³-hybridized carbons (Fsp3) is 0.462. The molecular formula is C13H18N2O2. The van der Waals surface area contributed by atoms with Crippen LogP contribution in [0.25, 0.3) is 11.1 Å².